The number of nitrogens with one attached hydrogen (secondary N) is 1. The summed E-state index contributed by atoms with van der Waals surface area (Å²) in [6.45, 7) is 4.30. The van der Waals surface area contributed by atoms with E-state index in [2.05, 4.69) is 69.8 Å². The summed E-state index contributed by atoms with van der Waals surface area (Å²) in [5, 5.41) is 6.19. The van der Waals surface area contributed by atoms with Gasteiger partial charge in [0.1, 0.15) is 0 Å². The molecule has 4 rings (SSSR count). The Bertz CT molecular complexity index is 800. The molecule has 1 N–H and O–H groups in total. The first-order valence-corrected chi connectivity index (χ1v) is 8.69. The van der Waals surface area contributed by atoms with Crippen LogP contribution in [-0.2, 0) is 13.1 Å². The van der Waals surface area contributed by atoms with E-state index in [0.29, 0.717) is 6.04 Å². The molecule has 1 unspecified atom stereocenters. The Balaban J connectivity index is 1.31. The molecule has 0 saturated carbocycles. The molecule has 0 radical (unpaired) electrons. The highest BCUT2D eigenvalue weighted by Crippen LogP contribution is 2.16. The maximum absolute atomic E-state index is 4.17. The second kappa shape index (κ2) is 7.12. The van der Waals surface area contributed by atoms with Crippen LogP contribution in [0.2, 0.25) is 0 Å². The highest BCUT2D eigenvalue weighted by molar-refractivity contribution is 5.81. The van der Waals surface area contributed by atoms with Crippen LogP contribution < -0.4 is 5.32 Å². The van der Waals surface area contributed by atoms with Crippen molar-refractivity contribution >= 4 is 10.8 Å². The molecular weight excluding hydrogens is 294 g/mol. The number of likely N-dealkylation sites (tertiary alicyclic amines) is 1. The molecular formula is C21H23N3. The van der Waals surface area contributed by atoms with Crippen molar-refractivity contribution in [2.24, 2.45) is 0 Å². The van der Waals surface area contributed by atoms with Crippen LogP contribution in [0.3, 0.4) is 0 Å². The van der Waals surface area contributed by atoms with Crippen molar-refractivity contribution in [2.45, 2.75) is 25.6 Å². The third-order valence-electron chi connectivity index (χ3n) is 4.82. The van der Waals surface area contributed by atoms with Crippen LogP contribution in [0.4, 0.5) is 0 Å². The summed E-state index contributed by atoms with van der Waals surface area (Å²) < 4.78 is 0. The topological polar surface area (TPSA) is 28.2 Å². The molecule has 24 heavy (non-hydrogen) atoms. The maximum Gasteiger partial charge on any atom is 0.0346 e. The zero-order chi connectivity index (χ0) is 16.2. The molecule has 1 aliphatic rings. The van der Waals surface area contributed by atoms with Gasteiger partial charge in [-0.3, -0.25) is 9.88 Å². The minimum atomic E-state index is 0.585. The molecule has 0 bridgehead atoms. The van der Waals surface area contributed by atoms with Gasteiger partial charge < -0.3 is 5.32 Å². The molecule has 0 aliphatic carbocycles. The number of pyridine rings is 1. The molecule has 1 atom stereocenters. The number of hydrogen-bond acceptors (Lipinski definition) is 3. The van der Waals surface area contributed by atoms with Gasteiger partial charge in [-0.2, -0.15) is 0 Å². The molecule has 1 aliphatic heterocycles. The van der Waals surface area contributed by atoms with Gasteiger partial charge in [-0.15, -0.1) is 0 Å². The normalized spacial score (nSPS) is 18.2. The van der Waals surface area contributed by atoms with Crippen molar-refractivity contribution in [3.05, 3.63) is 78.1 Å². The summed E-state index contributed by atoms with van der Waals surface area (Å²) in [6, 6.07) is 20.0. The fourth-order valence-corrected chi connectivity index (χ4v) is 3.49. The quantitative estimate of drug-likeness (QED) is 0.779. The summed E-state index contributed by atoms with van der Waals surface area (Å²) in [7, 11) is 0. The van der Waals surface area contributed by atoms with Gasteiger partial charge in [0.25, 0.3) is 0 Å². The predicted octanol–water partition coefficient (Wildman–Crippen LogP) is 3.60. The Morgan fingerprint density at radius 1 is 1.00 bits per heavy atom. The second-order valence-electron chi connectivity index (χ2n) is 6.64. The monoisotopic (exact) mass is 317 g/mol. The van der Waals surface area contributed by atoms with Crippen LogP contribution in [0.15, 0.2) is 67.0 Å². The van der Waals surface area contributed by atoms with Crippen LogP contribution in [-0.4, -0.2) is 29.0 Å². The standard InChI is InChI=1S/C21H23N3/c1-2-4-17(5-3-1)15-24-11-9-21(16-24)23-13-18-6-7-20-14-22-10-8-19(20)12-18/h1-8,10,12,14,21,23H,9,11,13,15-16H2. The third kappa shape index (κ3) is 3.64. The van der Waals surface area contributed by atoms with Gasteiger partial charge in [-0.1, -0.05) is 42.5 Å². The first kappa shape index (κ1) is 15.3. The Morgan fingerprint density at radius 2 is 1.92 bits per heavy atom. The zero-order valence-corrected chi connectivity index (χ0v) is 13.9. The number of hydrogen-bond donors (Lipinski definition) is 1. The fourth-order valence-electron chi connectivity index (χ4n) is 3.49. The van der Waals surface area contributed by atoms with E-state index in [-0.39, 0.29) is 0 Å². The molecule has 122 valence electrons. The molecule has 2 aromatic carbocycles. The lowest BCUT2D eigenvalue weighted by atomic mass is 10.1. The largest absolute Gasteiger partial charge is 0.309 e. The maximum atomic E-state index is 4.17. The van der Waals surface area contributed by atoms with Crippen molar-refractivity contribution in [3.8, 4) is 0 Å². The third-order valence-corrected chi connectivity index (χ3v) is 4.82. The molecule has 0 amide bonds. The minimum absolute atomic E-state index is 0.585. The lowest BCUT2D eigenvalue weighted by molar-refractivity contribution is 0.320. The molecule has 0 spiro atoms. The van der Waals surface area contributed by atoms with Gasteiger partial charge in [0.15, 0.2) is 0 Å². The average Bonchev–Trinajstić information content (AvgIpc) is 3.08. The fraction of sp³-hybridized carbons (Fsp3) is 0.286. The zero-order valence-electron chi connectivity index (χ0n) is 13.9. The number of aromatic nitrogens is 1. The Labute approximate surface area is 143 Å². The first-order chi connectivity index (χ1) is 11.9. The van der Waals surface area contributed by atoms with E-state index in [9.17, 15) is 0 Å². The summed E-state index contributed by atoms with van der Waals surface area (Å²) in [5.41, 5.74) is 2.75. The van der Waals surface area contributed by atoms with E-state index in [4.69, 9.17) is 0 Å². The molecule has 2 heterocycles. The highest BCUT2D eigenvalue weighted by Gasteiger charge is 2.21. The van der Waals surface area contributed by atoms with E-state index < -0.39 is 0 Å². The van der Waals surface area contributed by atoms with Gasteiger partial charge in [0.05, 0.1) is 0 Å². The first-order valence-electron chi connectivity index (χ1n) is 8.69. The Morgan fingerprint density at radius 3 is 2.83 bits per heavy atom. The van der Waals surface area contributed by atoms with Gasteiger partial charge in [-0.05, 0) is 35.1 Å². The average molecular weight is 317 g/mol. The molecule has 1 fully saturated rings. The van der Waals surface area contributed by atoms with Crippen molar-refractivity contribution in [1.29, 1.82) is 0 Å². The summed E-state index contributed by atoms with van der Waals surface area (Å²) in [4.78, 5) is 6.71. The van der Waals surface area contributed by atoms with Gasteiger partial charge in [0, 0.05) is 50.0 Å². The smallest absolute Gasteiger partial charge is 0.0346 e. The molecule has 3 heteroatoms. The van der Waals surface area contributed by atoms with Crippen LogP contribution in [0, 0.1) is 0 Å². The van der Waals surface area contributed by atoms with Gasteiger partial charge >= 0.3 is 0 Å². The Kier molecular flexibility index (Phi) is 4.54. The lowest BCUT2D eigenvalue weighted by Gasteiger charge is -2.17. The van der Waals surface area contributed by atoms with E-state index in [1.54, 1.807) is 0 Å². The van der Waals surface area contributed by atoms with E-state index in [0.717, 1.165) is 19.6 Å². The van der Waals surface area contributed by atoms with Crippen LogP contribution >= 0.6 is 0 Å². The SMILES string of the molecule is c1ccc(CN2CCC(NCc3ccc4cnccc4c3)C2)cc1. The van der Waals surface area contributed by atoms with Gasteiger partial charge in [-0.25, -0.2) is 0 Å². The summed E-state index contributed by atoms with van der Waals surface area (Å²) in [6.07, 6.45) is 5.01. The van der Waals surface area contributed by atoms with E-state index >= 15 is 0 Å². The van der Waals surface area contributed by atoms with Crippen LogP contribution in [0.25, 0.3) is 10.8 Å². The van der Waals surface area contributed by atoms with E-state index in [1.807, 2.05) is 12.4 Å². The molecule has 3 aromatic rings. The number of rotatable bonds is 5. The van der Waals surface area contributed by atoms with Crippen molar-refractivity contribution in [2.75, 3.05) is 13.1 Å². The number of fused-ring (bicyclic) bond motifs is 1. The van der Waals surface area contributed by atoms with Gasteiger partial charge in [0.2, 0.25) is 0 Å². The van der Waals surface area contributed by atoms with Crippen LogP contribution in [0.5, 0.6) is 0 Å². The number of nitrogens with zero attached hydrogens (tertiary/aromatic N) is 2. The van der Waals surface area contributed by atoms with Crippen molar-refractivity contribution in [3.63, 3.8) is 0 Å². The molecule has 1 aromatic heterocycles. The number of benzene rings is 2. The second-order valence-corrected chi connectivity index (χ2v) is 6.64. The van der Waals surface area contributed by atoms with Crippen LogP contribution in [0.1, 0.15) is 17.5 Å². The summed E-state index contributed by atoms with van der Waals surface area (Å²) >= 11 is 0. The van der Waals surface area contributed by atoms with Crippen molar-refractivity contribution in [1.82, 2.24) is 15.2 Å². The van der Waals surface area contributed by atoms with E-state index in [1.165, 1.54) is 34.9 Å². The molecule has 1 saturated heterocycles. The molecule has 3 nitrogen and oxygen atoms in total. The predicted molar refractivity (Wildman–Crippen MR) is 98.7 cm³/mol. The highest BCUT2D eigenvalue weighted by atomic mass is 15.2. The minimum Gasteiger partial charge on any atom is -0.309 e. The van der Waals surface area contributed by atoms with Crippen molar-refractivity contribution < 1.29 is 0 Å². The summed E-state index contributed by atoms with van der Waals surface area (Å²) in [5.74, 6) is 0. The lowest BCUT2D eigenvalue weighted by Crippen LogP contribution is -2.31. The Hall–Kier alpha value is -2.23.